The normalized spacial score (nSPS) is 18.7. The summed E-state index contributed by atoms with van der Waals surface area (Å²) < 4.78 is 33.4. The first-order chi connectivity index (χ1) is 10.9. The van der Waals surface area contributed by atoms with Crippen molar-refractivity contribution in [3.63, 3.8) is 0 Å². The van der Waals surface area contributed by atoms with Crippen molar-refractivity contribution in [2.24, 2.45) is 0 Å². The maximum Gasteiger partial charge on any atom is 0.243 e. The van der Waals surface area contributed by atoms with Gasteiger partial charge < -0.3 is 10.2 Å². The van der Waals surface area contributed by atoms with Crippen LogP contribution in [0.1, 0.15) is 33.6 Å². The zero-order chi connectivity index (χ0) is 18.2. The van der Waals surface area contributed by atoms with Gasteiger partial charge in [0.25, 0.3) is 0 Å². The monoisotopic (exact) mass is 370 g/mol. The molecule has 24 heavy (non-hydrogen) atoms. The number of rotatable bonds is 4. The lowest BCUT2D eigenvalue weighted by Crippen LogP contribution is -2.48. The third kappa shape index (κ3) is 4.19. The highest BCUT2D eigenvalue weighted by Gasteiger charge is 2.40. The van der Waals surface area contributed by atoms with Crippen LogP contribution in [0.25, 0.3) is 0 Å². The largest absolute Gasteiger partial charge is 0.414 e. The predicted molar refractivity (Wildman–Crippen MR) is 101 cm³/mol. The molecule has 1 heterocycles. The van der Waals surface area contributed by atoms with Gasteiger partial charge in [-0.15, -0.1) is 0 Å². The summed E-state index contributed by atoms with van der Waals surface area (Å²) in [6.07, 6.45) is 1.66. The number of benzene rings is 1. The molecule has 1 saturated heterocycles. The van der Waals surface area contributed by atoms with E-state index in [4.69, 9.17) is 10.2 Å². The lowest BCUT2D eigenvalue weighted by molar-refractivity contribution is 0.120. The van der Waals surface area contributed by atoms with Gasteiger partial charge in [0.15, 0.2) is 8.32 Å². The van der Waals surface area contributed by atoms with Crippen molar-refractivity contribution in [1.82, 2.24) is 4.31 Å². The number of nitrogens with zero attached hydrogens (tertiary/aromatic N) is 1. The van der Waals surface area contributed by atoms with Crippen molar-refractivity contribution in [2.75, 3.05) is 18.8 Å². The molecule has 0 unspecified atom stereocenters. The lowest BCUT2D eigenvalue weighted by atomic mass is 10.1. The van der Waals surface area contributed by atoms with Gasteiger partial charge in [0, 0.05) is 24.9 Å². The Morgan fingerprint density at radius 3 is 2.08 bits per heavy atom. The second-order valence-electron chi connectivity index (χ2n) is 8.05. The maximum atomic E-state index is 12.7. The third-order valence-electron chi connectivity index (χ3n) is 5.19. The van der Waals surface area contributed by atoms with Crippen LogP contribution in [-0.4, -0.2) is 40.2 Å². The summed E-state index contributed by atoms with van der Waals surface area (Å²) in [4.78, 5) is 0.306. The maximum absolute atomic E-state index is 12.7. The second kappa shape index (κ2) is 6.78. The fourth-order valence-corrected chi connectivity index (χ4v) is 5.46. The number of nitrogen functional groups attached to an aromatic ring is 1. The molecule has 1 aliphatic heterocycles. The first-order valence-electron chi connectivity index (χ1n) is 8.47. The summed E-state index contributed by atoms with van der Waals surface area (Å²) in [6.45, 7) is 12.2. The number of hydrogen-bond acceptors (Lipinski definition) is 4. The molecule has 0 saturated carbocycles. The summed E-state index contributed by atoms with van der Waals surface area (Å²) >= 11 is 0. The van der Waals surface area contributed by atoms with Crippen LogP contribution in [-0.2, 0) is 14.4 Å². The summed E-state index contributed by atoms with van der Waals surface area (Å²) in [5.74, 6) is 0. The van der Waals surface area contributed by atoms with Crippen LogP contribution in [0.4, 0.5) is 5.69 Å². The Bertz CT molecular complexity index is 658. The molecular formula is C17H30N2O3SSi. The van der Waals surface area contributed by atoms with Crippen LogP contribution in [0, 0.1) is 0 Å². The zero-order valence-electron chi connectivity index (χ0n) is 15.4. The molecule has 0 aromatic heterocycles. The van der Waals surface area contributed by atoms with E-state index in [1.165, 1.54) is 0 Å². The predicted octanol–water partition coefficient (Wildman–Crippen LogP) is 3.44. The highest BCUT2D eigenvalue weighted by atomic mass is 32.2. The first kappa shape index (κ1) is 19.4. The fraction of sp³-hybridized carbons (Fsp3) is 0.647. The van der Waals surface area contributed by atoms with Gasteiger partial charge in [0.2, 0.25) is 10.0 Å². The summed E-state index contributed by atoms with van der Waals surface area (Å²) in [6, 6.07) is 6.39. The van der Waals surface area contributed by atoms with Gasteiger partial charge in [0.1, 0.15) is 0 Å². The number of sulfonamides is 1. The molecule has 1 aliphatic rings. The van der Waals surface area contributed by atoms with Gasteiger partial charge >= 0.3 is 0 Å². The minimum absolute atomic E-state index is 0.156. The van der Waals surface area contributed by atoms with Crippen molar-refractivity contribution in [1.29, 1.82) is 0 Å². The first-order valence-corrected chi connectivity index (χ1v) is 12.8. The standard InChI is InChI=1S/C17H30N2O3SSi/c1-17(2,3)24(4,5)22-15-10-12-19(13-11-15)23(20,21)16-8-6-14(18)7-9-16/h6-9,15H,10-13,18H2,1-5H3. The number of piperidine rings is 1. The molecule has 0 spiro atoms. The number of anilines is 1. The zero-order valence-corrected chi connectivity index (χ0v) is 17.2. The number of hydrogen-bond donors (Lipinski definition) is 1. The molecule has 0 bridgehead atoms. The molecule has 136 valence electrons. The Kier molecular flexibility index (Phi) is 5.49. The smallest absolute Gasteiger partial charge is 0.243 e. The minimum atomic E-state index is -3.44. The average Bonchev–Trinajstić information content (AvgIpc) is 2.46. The fourth-order valence-electron chi connectivity index (χ4n) is 2.57. The molecule has 2 rings (SSSR count). The van der Waals surface area contributed by atoms with E-state index in [2.05, 4.69) is 33.9 Å². The van der Waals surface area contributed by atoms with Gasteiger partial charge in [-0.1, -0.05) is 20.8 Å². The van der Waals surface area contributed by atoms with Crippen LogP contribution in [0.15, 0.2) is 29.2 Å². The third-order valence-corrected chi connectivity index (χ3v) is 11.6. The average molecular weight is 371 g/mol. The molecule has 0 aliphatic carbocycles. The number of nitrogens with two attached hydrogens (primary N) is 1. The van der Waals surface area contributed by atoms with Crippen LogP contribution >= 0.6 is 0 Å². The molecule has 2 N–H and O–H groups in total. The van der Waals surface area contributed by atoms with E-state index in [9.17, 15) is 8.42 Å². The van der Waals surface area contributed by atoms with Crippen molar-refractivity contribution < 1.29 is 12.8 Å². The van der Waals surface area contributed by atoms with Crippen molar-refractivity contribution in [3.8, 4) is 0 Å². The van der Waals surface area contributed by atoms with E-state index in [-0.39, 0.29) is 11.1 Å². The van der Waals surface area contributed by atoms with Crippen LogP contribution in [0.3, 0.4) is 0 Å². The van der Waals surface area contributed by atoms with E-state index in [1.54, 1.807) is 28.6 Å². The molecule has 0 radical (unpaired) electrons. The Hall–Kier alpha value is -0.893. The van der Waals surface area contributed by atoms with E-state index in [0.717, 1.165) is 12.8 Å². The summed E-state index contributed by atoms with van der Waals surface area (Å²) in [5, 5.41) is 0.167. The van der Waals surface area contributed by atoms with Gasteiger partial charge in [-0.3, -0.25) is 0 Å². The Labute approximate surface area is 147 Å². The van der Waals surface area contributed by atoms with Gasteiger partial charge in [0.05, 0.1) is 4.90 Å². The Morgan fingerprint density at radius 1 is 1.12 bits per heavy atom. The molecule has 0 amide bonds. The molecule has 0 atom stereocenters. The molecule has 1 fully saturated rings. The molecular weight excluding hydrogens is 340 g/mol. The van der Waals surface area contributed by atoms with E-state index >= 15 is 0 Å². The van der Waals surface area contributed by atoms with Gasteiger partial charge in [-0.2, -0.15) is 4.31 Å². The topological polar surface area (TPSA) is 72.6 Å². The van der Waals surface area contributed by atoms with E-state index < -0.39 is 18.3 Å². The van der Waals surface area contributed by atoms with E-state index in [0.29, 0.717) is 23.7 Å². The summed E-state index contributed by atoms with van der Waals surface area (Å²) in [7, 11) is -5.25. The molecule has 1 aromatic rings. The van der Waals surface area contributed by atoms with Crippen LogP contribution in [0.5, 0.6) is 0 Å². The quantitative estimate of drug-likeness (QED) is 0.651. The van der Waals surface area contributed by atoms with Crippen LogP contribution in [0.2, 0.25) is 18.1 Å². The van der Waals surface area contributed by atoms with Gasteiger partial charge in [-0.05, 0) is 55.2 Å². The SMILES string of the molecule is CC(C)(C)[Si](C)(C)OC1CCN(S(=O)(=O)c2ccc(N)cc2)CC1. The highest BCUT2D eigenvalue weighted by molar-refractivity contribution is 7.89. The van der Waals surface area contributed by atoms with Gasteiger partial charge in [-0.25, -0.2) is 8.42 Å². The second-order valence-corrected chi connectivity index (χ2v) is 14.7. The lowest BCUT2D eigenvalue weighted by Gasteiger charge is -2.41. The molecule has 1 aromatic carbocycles. The minimum Gasteiger partial charge on any atom is -0.414 e. The Morgan fingerprint density at radius 2 is 1.62 bits per heavy atom. The highest BCUT2D eigenvalue weighted by Crippen LogP contribution is 2.38. The van der Waals surface area contributed by atoms with E-state index in [1.807, 2.05) is 0 Å². The molecule has 5 nitrogen and oxygen atoms in total. The Balaban J connectivity index is 2.01. The van der Waals surface area contributed by atoms with Crippen LogP contribution < -0.4 is 5.73 Å². The molecule has 7 heteroatoms. The summed E-state index contributed by atoms with van der Waals surface area (Å²) in [5.41, 5.74) is 6.20. The van der Waals surface area contributed by atoms with Crippen molar-refractivity contribution >= 4 is 24.0 Å². The van der Waals surface area contributed by atoms with Crippen molar-refractivity contribution in [2.45, 2.75) is 62.7 Å². The van der Waals surface area contributed by atoms with Crippen molar-refractivity contribution in [3.05, 3.63) is 24.3 Å².